The van der Waals surface area contributed by atoms with Gasteiger partial charge in [-0.1, -0.05) is 37.3 Å². The first kappa shape index (κ1) is 21.8. The molecule has 1 fully saturated rings. The van der Waals surface area contributed by atoms with Crippen molar-refractivity contribution in [3.63, 3.8) is 0 Å². The first-order valence-electron chi connectivity index (χ1n) is 12.2. The average molecular weight is 443 g/mol. The number of nitrogens with zero attached hydrogens (tertiary/aromatic N) is 2. The molecule has 0 spiro atoms. The van der Waals surface area contributed by atoms with Crippen LogP contribution in [0.1, 0.15) is 30.9 Å². The lowest BCUT2D eigenvalue weighted by Gasteiger charge is -2.36. The molecule has 4 nitrogen and oxygen atoms in total. The summed E-state index contributed by atoms with van der Waals surface area (Å²) in [4.78, 5) is 5.15. The highest BCUT2D eigenvalue weighted by Gasteiger charge is 2.21. The maximum absolute atomic E-state index is 5.90. The smallest absolute Gasteiger partial charge is 0.120 e. The Morgan fingerprint density at radius 3 is 2.58 bits per heavy atom. The van der Waals surface area contributed by atoms with Crippen LogP contribution in [0.3, 0.4) is 0 Å². The summed E-state index contributed by atoms with van der Waals surface area (Å²) >= 11 is 0. The van der Waals surface area contributed by atoms with E-state index in [9.17, 15) is 0 Å². The number of hydrogen-bond donors (Lipinski definition) is 0. The normalized spacial score (nSPS) is 16.1. The zero-order valence-electron chi connectivity index (χ0n) is 19.8. The summed E-state index contributed by atoms with van der Waals surface area (Å²) in [6.07, 6.45) is 5.58. The fourth-order valence-corrected chi connectivity index (χ4v) is 5.05. The average Bonchev–Trinajstić information content (AvgIpc) is 3.28. The van der Waals surface area contributed by atoms with Crippen molar-refractivity contribution < 1.29 is 9.47 Å². The van der Waals surface area contributed by atoms with E-state index in [1.807, 2.05) is 0 Å². The van der Waals surface area contributed by atoms with Crippen molar-refractivity contribution in [1.29, 1.82) is 0 Å². The van der Waals surface area contributed by atoms with Crippen LogP contribution in [0.15, 0.2) is 60.7 Å². The van der Waals surface area contributed by atoms with Crippen molar-refractivity contribution in [3.8, 4) is 11.5 Å². The van der Waals surface area contributed by atoms with Crippen molar-refractivity contribution in [3.05, 3.63) is 71.8 Å². The van der Waals surface area contributed by atoms with Crippen LogP contribution in [0.4, 0.5) is 5.69 Å². The molecule has 172 valence electrons. The molecule has 3 aromatic carbocycles. The second-order valence-electron chi connectivity index (χ2n) is 9.04. The number of piperazine rings is 1. The summed E-state index contributed by atoms with van der Waals surface area (Å²) in [5, 5.41) is 2.57. The minimum Gasteiger partial charge on any atom is -0.497 e. The highest BCUT2D eigenvalue weighted by atomic mass is 16.5. The molecule has 1 heterocycles. The maximum atomic E-state index is 5.90. The van der Waals surface area contributed by atoms with Gasteiger partial charge in [0.2, 0.25) is 0 Å². The second-order valence-corrected chi connectivity index (χ2v) is 9.04. The van der Waals surface area contributed by atoms with Crippen LogP contribution < -0.4 is 14.4 Å². The number of rotatable bonds is 8. The molecule has 1 saturated heterocycles. The van der Waals surface area contributed by atoms with Gasteiger partial charge in [-0.15, -0.1) is 0 Å². The van der Waals surface area contributed by atoms with E-state index in [4.69, 9.17) is 9.47 Å². The predicted molar refractivity (Wildman–Crippen MR) is 138 cm³/mol. The van der Waals surface area contributed by atoms with E-state index in [0.717, 1.165) is 70.1 Å². The standard InChI is InChI=1S/C29H34N2O2/c1-3-19-33-26-12-10-22-5-4-6-29(28(22)21-26)31-17-15-30(16-18-31)14-13-24-8-7-23-9-11-25(32-2)20-27(23)24/h4-6,8-12,20-21H,3,7,13-19H2,1-2H3. The molecule has 0 radical (unpaired) electrons. The number of allylic oxidation sites excluding steroid dienone is 1. The molecule has 0 amide bonds. The fourth-order valence-electron chi connectivity index (χ4n) is 5.05. The molecular weight excluding hydrogens is 408 g/mol. The molecule has 0 unspecified atom stereocenters. The summed E-state index contributed by atoms with van der Waals surface area (Å²) in [6, 6.07) is 19.6. The molecule has 0 atom stereocenters. The summed E-state index contributed by atoms with van der Waals surface area (Å²) in [6.45, 7) is 8.33. The maximum Gasteiger partial charge on any atom is 0.120 e. The first-order valence-corrected chi connectivity index (χ1v) is 12.2. The SMILES string of the molecule is CCCOc1ccc2cccc(N3CCN(CCC4=CCc5ccc(OC)cc54)CC3)c2c1. The van der Waals surface area contributed by atoms with Crippen LogP contribution in [-0.2, 0) is 6.42 Å². The molecule has 0 N–H and O–H groups in total. The lowest BCUT2D eigenvalue weighted by Crippen LogP contribution is -2.46. The van der Waals surface area contributed by atoms with Crippen LogP contribution in [0.2, 0.25) is 0 Å². The minimum absolute atomic E-state index is 0.764. The molecule has 1 aliphatic heterocycles. The van der Waals surface area contributed by atoms with Gasteiger partial charge in [0.25, 0.3) is 0 Å². The van der Waals surface area contributed by atoms with Crippen LogP contribution in [-0.4, -0.2) is 51.3 Å². The lowest BCUT2D eigenvalue weighted by atomic mass is 10.0. The number of benzene rings is 3. The van der Waals surface area contributed by atoms with Crippen LogP contribution >= 0.6 is 0 Å². The van der Waals surface area contributed by atoms with E-state index >= 15 is 0 Å². The largest absolute Gasteiger partial charge is 0.497 e. The lowest BCUT2D eigenvalue weighted by molar-refractivity contribution is 0.264. The van der Waals surface area contributed by atoms with Gasteiger partial charge < -0.3 is 14.4 Å². The van der Waals surface area contributed by atoms with Crippen LogP contribution in [0.5, 0.6) is 11.5 Å². The van der Waals surface area contributed by atoms with E-state index in [2.05, 4.69) is 77.4 Å². The molecule has 33 heavy (non-hydrogen) atoms. The van der Waals surface area contributed by atoms with Crippen LogP contribution in [0, 0.1) is 0 Å². The minimum atomic E-state index is 0.764. The molecule has 0 bridgehead atoms. The zero-order valence-corrected chi connectivity index (χ0v) is 19.8. The zero-order chi connectivity index (χ0) is 22.6. The van der Waals surface area contributed by atoms with Crippen molar-refractivity contribution in [2.75, 3.05) is 51.3 Å². The third kappa shape index (κ3) is 4.72. The van der Waals surface area contributed by atoms with Gasteiger partial charge in [-0.25, -0.2) is 0 Å². The topological polar surface area (TPSA) is 24.9 Å². The van der Waals surface area contributed by atoms with Gasteiger partial charge in [0.05, 0.1) is 13.7 Å². The number of anilines is 1. The Bertz CT molecular complexity index is 1150. The van der Waals surface area contributed by atoms with Crippen molar-refractivity contribution in [2.45, 2.75) is 26.2 Å². The third-order valence-corrected chi connectivity index (χ3v) is 6.95. The Morgan fingerprint density at radius 2 is 1.76 bits per heavy atom. The van der Waals surface area contributed by atoms with E-state index in [0.29, 0.717) is 0 Å². The summed E-state index contributed by atoms with van der Waals surface area (Å²) < 4.78 is 11.3. The Morgan fingerprint density at radius 1 is 0.909 bits per heavy atom. The van der Waals surface area contributed by atoms with Gasteiger partial charge >= 0.3 is 0 Å². The highest BCUT2D eigenvalue weighted by molar-refractivity contribution is 5.95. The highest BCUT2D eigenvalue weighted by Crippen LogP contribution is 2.34. The number of ether oxygens (including phenoxy) is 2. The molecule has 0 saturated carbocycles. The monoisotopic (exact) mass is 442 g/mol. The van der Waals surface area contributed by atoms with Gasteiger partial charge in [-0.05, 0) is 71.7 Å². The Balaban J connectivity index is 1.21. The van der Waals surface area contributed by atoms with E-state index < -0.39 is 0 Å². The molecular formula is C29H34N2O2. The Labute approximate surface area is 197 Å². The third-order valence-electron chi connectivity index (χ3n) is 6.95. The number of hydrogen-bond acceptors (Lipinski definition) is 4. The van der Waals surface area contributed by atoms with Gasteiger partial charge in [-0.2, -0.15) is 0 Å². The van der Waals surface area contributed by atoms with Crippen molar-refractivity contribution in [1.82, 2.24) is 4.90 Å². The summed E-state index contributed by atoms with van der Waals surface area (Å²) in [5.41, 5.74) is 5.60. The predicted octanol–water partition coefficient (Wildman–Crippen LogP) is 5.79. The molecule has 1 aliphatic carbocycles. The second kappa shape index (κ2) is 9.88. The van der Waals surface area contributed by atoms with Crippen molar-refractivity contribution >= 4 is 22.0 Å². The van der Waals surface area contributed by atoms with Crippen LogP contribution in [0.25, 0.3) is 16.3 Å². The molecule has 0 aromatic heterocycles. The first-order chi connectivity index (χ1) is 16.2. The molecule has 4 heteroatoms. The Hall–Kier alpha value is -2.98. The quantitative estimate of drug-likeness (QED) is 0.441. The van der Waals surface area contributed by atoms with Gasteiger partial charge in [0.15, 0.2) is 0 Å². The molecule has 3 aromatic rings. The van der Waals surface area contributed by atoms with Gasteiger partial charge in [-0.3, -0.25) is 4.90 Å². The van der Waals surface area contributed by atoms with Gasteiger partial charge in [0, 0.05) is 43.8 Å². The van der Waals surface area contributed by atoms with Crippen molar-refractivity contribution in [2.24, 2.45) is 0 Å². The fraction of sp³-hybridized carbons (Fsp3) is 0.379. The van der Waals surface area contributed by atoms with E-state index in [1.165, 1.54) is 33.2 Å². The summed E-state index contributed by atoms with van der Waals surface area (Å²) in [7, 11) is 1.74. The molecule has 5 rings (SSSR count). The van der Waals surface area contributed by atoms with E-state index in [1.54, 1.807) is 7.11 Å². The van der Waals surface area contributed by atoms with Gasteiger partial charge in [0.1, 0.15) is 11.5 Å². The Kier molecular flexibility index (Phi) is 6.54. The number of fused-ring (bicyclic) bond motifs is 2. The summed E-state index contributed by atoms with van der Waals surface area (Å²) in [5.74, 6) is 1.92. The molecule has 2 aliphatic rings. The number of methoxy groups -OCH3 is 1. The van der Waals surface area contributed by atoms with E-state index in [-0.39, 0.29) is 0 Å².